The van der Waals surface area contributed by atoms with Gasteiger partial charge in [0, 0.05) is 39.2 Å². The van der Waals surface area contributed by atoms with E-state index >= 15 is 0 Å². The van der Waals surface area contributed by atoms with Crippen molar-refractivity contribution in [3.05, 3.63) is 18.3 Å². The van der Waals surface area contributed by atoms with E-state index in [1.807, 2.05) is 0 Å². The summed E-state index contributed by atoms with van der Waals surface area (Å²) in [5.74, 6) is -0.214. The van der Waals surface area contributed by atoms with Crippen molar-refractivity contribution in [3.63, 3.8) is 0 Å². The predicted molar refractivity (Wildman–Crippen MR) is 78.6 cm³/mol. The summed E-state index contributed by atoms with van der Waals surface area (Å²) in [4.78, 5) is 30.2. The summed E-state index contributed by atoms with van der Waals surface area (Å²) in [5.41, 5.74) is 0.341. The largest absolute Gasteiger partial charge is 0.468 e. The number of carbonyl (C=O) groups is 2. The quantitative estimate of drug-likeness (QED) is 0.904. The summed E-state index contributed by atoms with van der Waals surface area (Å²) in [6, 6.07) is 2.29. The average Bonchev–Trinajstić information content (AvgIpc) is 2.53. The molecule has 132 valence electrons. The van der Waals surface area contributed by atoms with Crippen LogP contribution in [0.3, 0.4) is 0 Å². The number of alkyl halides is 3. The highest BCUT2D eigenvalue weighted by Gasteiger charge is 2.28. The van der Waals surface area contributed by atoms with Gasteiger partial charge in [0.15, 0.2) is 6.61 Å². The molecule has 2 rings (SSSR count). The predicted octanol–water partition coefficient (Wildman–Crippen LogP) is 1.72. The summed E-state index contributed by atoms with van der Waals surface area (Å²) in [6.07, 6.45) is -3.22. The number of anilines is 1. The monoisotopic (exact) mass is 346 g/mol. The third-order valence-corrected chi connectivity index (χ3v) is 3.38. The van der Waals surface area contributed by atoms with Crippen LogP contribution in [0.2, 0.25) is 0 Å². The first-order valence-electron chi connectivity index (χ1n) is 7.21. The van der Waals surface area contributed by atoms with Crippen LogP contribution in [-0.4, -0.2) is 65.7 Å². The molecule has 10 heteroatoms. The number of aromatic nitrogens is 1. The van der Waals surface area contributed by atoms with E-state index in [1.54, 1.807) is 9.80 Å². The zero-order valence-electron chi connectivity index (χ0n) is 13.0. The number of rotatable bonds is 3. The van der Waals surface area contributed by atoms with Gasteiger partial charge in [0.1, 0.15) is 0 Å². The number of nitrogens with zero attached hydrogens (tertiary/aromatic N) is 3. The minimum absolute atomic E-state index is 0.0336. The second-order valence-electron chi connectivity index (χ2n) is 5.21. The maximum Gasteiger partial charge on any atom is 0.422 e. The summed E-state index contributed by atoms with van der Waals surface area (Å²) in [5, 5.41) is 2.60. The number of hydrogen-bond acceptors (Lipinski definition) is 4. The van der Waals surface area contributed by atoms with Crippen molar-refractivity contribution in [2.45, 2.75) is 13.1 Å². The van der Waals surface area contributed by atoms with Crippen molar-refractivity contribution >= 4 is 17.6 Å². The van der Waals surface area contributed by atoms with Crippen LogP contribution in [-0.2, 0) is 4.79 Å². The van der Waals surface area contributed by atoms with E-state index < -0.39 is 12.8 Å². The fraction of sp³-hybridized carbons (Fsp3) is 0.500. The first-order valence-corrected chi connectivity index (χ1v) is 7.21. The van der Waals surface area contributed by atoms with Crippen molar-refractivity contribution in [1.82, 2.24) is 14.8 Å². The first-order chi connectivity index (χ1) is 11.2. The van der Waals surface area contributed by atoms with Gasteiger partial charge in [-0.15, -0.1) is 0 Å². The fourth-order valence-electron chi connectivity index (χ4n) is 2.12. The maximum absolute atomic E-state index is 12.1. The summed E-state index contributed by atoms with van der Waals surface area (Å²) >= 11 is 0. The molecule has 1 N–H and O–H groups in total. The van der Waals surface area contributed by atoms with Gasteiger partial charge in [0.05, 0.1) is 11.9 Å². The van der Waals surface area contributed by atoms with Crippen molar-refractivity contribution in [2.24, 2.45) is 0 Å². The van der Waals surface area contributed by atoms with Gasteiger partial charge in [-0.05, 0) is 6.07 Å². The molecule has 0 spiro atoms. The van der Waals surface area contributed by atoms with Gasteiger partial charge in [-0.25, -0.2) is 9.78 Å². The van der Waals surface area contributed by atoms with Crippen LogP contribution in [0.1, 0.15) is 6.92 Å². The highest BCUT2D eigenvalue weighted by atomic mass is 19.4. The first kappa shape index (κ1) is 17.8. The highest BCUT2D eigenvalue weighted by molar-refractivity contribution is 5.89. The lowest BCUT2D eigenvalue weighted by Crippen LogP contribution is -2.51. The molecule has 2 heterocycles. The molecule has 0 aromatic carbocycles. The standard InChI is InChI=1S/C14H17F3N4O3/c1-10(22)20-4-6-21(7-5-20)13(23)19-11-2-3-12(18-8-11)24-9-14(15,16)17/h2-3,8H,4-7,9H2,1H3,(H,19,23). The zero-order valence-corrected chi connectivity index (χ0v) is 13.0. The van der Waals surface area contributed by atoms with Crippen molar-refractivity contribution in [1.29, 1.82) is 0 Å². The second kappa shape index (κ2) is 7.37. The lowest BCUT2D eigenvalue weighted by molar-refractivity contribution is -0.154. The Hall–Kier alpha value is -2.52. The SMILES string of the molecule is CC(=O)N1CCN(C(=O)Nc2ccc(OCC(F)(F)F)nc2)CC1. The summed E-state index contributed by atoms with van der Waals surface area (Å²) in [6.45, 7) is 1.80. The van der Waals surface area contributed by atoms with Crippen molar-refractivity contribution < 1.29 is 27.5 Å². The van der Waals surface area contributed by atoms with Crippen molar-refractivity contribution in [3.8, 4) is 5.88 Å². The molecule has 1 aromatic rings. The molecule has 0 bridgehead atoms. The van der Waals surface area contributed by atoms with E-state index in [2.05, 4.69) is 15.0 Å². The normalized spacial score (nSPS) is 15.2. The van der Waals surface area contributed by atoms with Gasteiger partial charge in [0.2, 0.25) is 11.8 Å². The van der Waals surface area contributed by atoms with Gasteiger partial charge in [0.25, 0.3) is 0 Å². The molecule has 7 nitrogen and oxygen atoms in total. The number of ether oxygens (including phenoxy) is 1. The third kappa shape index (κ3) is 5.28. The van der Waals surface area contributed by atoms with E-state index in [4.69, 9.17) is 0 Å². The van der Waals surface area contributed by atoms with E-state index in [0.29, 0.717) is 31.9 Å². The van der Waals surface area contributed by atoms with Gasteiger partial charge < -0.3 is 19.9 Å². The Morgan fingerprint density at radius 3 is 2.33 bits per heavy atom. The second-order valence-corrected chi connectivity index (χ2v) is 5.21. The highest BCUT2D eigenvalue weighted by Crippen LogP contribution is 2.18. The van der Waals surface area contributed by atoms with Crippen LogP contribution in [0.5, 0.6) is 5.88 Å². The zero-order chi connectivity index (χ0) is 17.7. The molecule has 1 fully saturated rings. The van der Waals surface area contributed by atoms with Crippen LogP contribution in [0.25, 0.3) is 0 Å². The molecule has 1 aromatic heterocycles. The Balaban J connectivity index is 1.83. The Morgan fingerprint density at radius 2 is 1.83 bits per heavy atom. The number of nitrogens with one attached hydrogen (secondary N) is 1. The molecule has 1 saturated heterocycles. The van der Waals surface area contributed by atoms with Crippen LogP contribution in [0, 0.1) is 0 Å². The number of amides is 3. The van der Waals surface area contributed by atoms with E-state index in [9.17, 15) is 22.8 Å². The number of piperazine rings is 1. The number of urea groups is 1. The van der Waals surface area contributed by atoms with Gasteiger partial charge >= 0.3 is 12.2 Å². The maximum atomic E-state index is 12.1. The number of pyridine rings is 1. The molecular weight excluding hydrogens is 329 g/mol. The van der Waals surface area contributed by atoms with Crippen LogP contribution in [0.4, 0.5) is 23.7 Å². The van der Waals surface area contributed by atoms with Crippen molar-refractivity contribution in [2.75, 3.05) is 38.1 Å². The lowest BCUT2D eigenvalue weighted by atomic mass is 10.3. The molecule has 1 aliphatic heterocycles. The Kier molecular flexibility index (Phi) is 5.47. The summed E-state index contributed by atoms with van der Waals surface area (Å²) < 4.78 is 40.6. The Bertz CT molecular complexity index is 584. The minimum Gasteiger partial charge on any atom is -0.468 e. The molecular formula is C14H17F3N4O3. The average molecular weight is 346 g/mol. The van der Waals surface area contributed by atoms with E-state index in [1.165, 1.54) is 25.3 Å². The number of halogens is 3. The van der Waals surface area contributed by atoms with Gasteiger partial charge in [-0.2, -0.15) is 13.2 Å². The Labute approximate surface area is 136 Å². The Morgan fingerprint density at radius 1 is 1.21 bits per heavy atom. The van der Waals surface area contributed by atoms with E-state index in [-0.39, 0.29) is 17.8 Å². The topological polar surface area (TPSA) is 74.8 Å². The van der Waals surface area contributed by atoms with Crippen LogP contribution in [0.15, 0.2) is 18.3 Å². The smallest absolute Gasteiger partial charge is 0.422 e. The lowest BCUT2D eigenvalue weighted by Gasteiger charge is -2.34. The molecule has 0 saturated carbocycles. The molecule has 3 amide bonds. The summed E-state index contributed by atoms with van der Waals surface area (Å²) in [7, 11) is 0. The number of hydrogen-bond donors (Lipinski definition) is 1. The van der Waals surface area contributed by atoms with E-state index in [0.717, 1.165) is 0 Å². The molecule has 0 aliphatic carbocycles. The number of carbonyl (C=O) groups excluding carboxylic acids is 2. The third-order valence-electron chi connectivity index (χ3n) is 3.38. The molecule has 0 atom stereocenters. The van der Waals surface area contributed by atoms with Gasteiger partial charge in [-0.3, -0.25) is 4.79 Å². The molecule has 0 radical (unpaired) electrons. The molecule has 0 unspecified atom stereocenters. The van der Waals surface area contributed by atoms with Crippen LogP contribution < -0.4 is 10.1 Å². The molecule has 24 heavy (non-hydrogen) atoms. The fourth-order valence-corrected chi connectivity index (χ4v) is 2.12. The van der Waals surface area contributed by atoms with Gasteiger partial charge in [-0.1, -0.05) is 0 Å². The van der Waals surface area contributed by atoms with Crippen LogP contribution >= 0.6 is 0 Å². The molecule has 1 aliphatic rings. The minimum atomic E-state index is -4.43.